The lowest BCUT2D eigenvalue weighted by molar-refractivity contribution is 0.0993. The predicted molar refractivity (Wildman–Crippen MR) is 123 cm³/mol. The first-order valence-corrected chi connectivity index (χ1v) is 10.4. The Kier molecular flexibility index (Phi) is 6.12. The fraction of sp³-hybridized carbons (Fsp3) is 0.333. The number of pyridine rings is 1. The number of ether oxygens (including phenoxy) is 1. The van der Waals surface area contributed by atoms with Gasteiger partial charge in [0.2, 0.25) is 0 Å². The molecular formula is C27H31NO2. The van der Waals surface area contributed by atoms with E-state index in [0.29, 0.717) is 12.0 Å². The highest BCUT2D eigenvalue weighted by Crippen LogP contribution is 2.34. The van der Waals surface area contributed by atoms with Gasteiger partial charge in [-0.25, -0.2) is 0 Å². The summed E-state index contributed by atoms with van der Waals surface area (Å²) in [6.07, 6.45) is 3.78. The van der Waals surface area contributed by atoms with Crippen molar-refractivity contribution in [2.45, 2.75) is 58.8 Å². The molecule has 1 aromatic heterocycles. The van der Waals surface area contributed by atoms with Crippen LogP contribution >= 0.6 is 0 Å². The van der Waals surface area contributed by atoms with Gasteiger partial charge >= 0.3 is 0 Å². The van der Waals surface area contributed by atoms with Crippen LogP contribution < -0.4 is 4.74 Å². The largest absolute Gasteiger partial charge is 0.457 e. The van der Waals surface area contributed by atoms with Gasteiger partial charge in [0.25, 0.3) is 0 Å². The monoisotopic (exact) mass is 401 g/mol. The SMILES string of the molecule is CC(C)(C)c1cc(Oc2ccc(C(=O)Cc3cccnc3)cc2)cc(C(C)(C)C)c1. The molecule has 0 aliphatic rings. The Balaban J connectivity index is 1.80. The molecule has 3 heteroatoms. The van der Waals surface area contributed by atoms with Crippen LogP contribution in [0.3, 0.4) is 0 Å². The molecule has 156 valence electrons. The van der Waals surface area contributed by atoms with Crippen molar-refractivity contribution in [3.63, 3.8) is 0 Å². The summed E-state index contributed by atoms with van der Waals surface area (Å²) in [5.74, 6) is 1.61. The van der Waals surface area contributed by atoms with Crippen LogP contribution in [-0.2, 0) is 17.3 Å². The molecule has 0 spiro atoms. The van der Waals surface area contributed by atoms with Gasteiger partial charge in [0, 0.05) is 24.4 Å². The third kappa shape index (κ3) is 5.56. The van der Waals surface area contributed by atoms with Crippen LogP contribution in [0.2, 0.25) is 0 Å². The maximum absolute atomic E-state index is 12.5. The van der Waals surface area contributed by atoms with E-state index in [4.69, 9.17) is 4.74 Å². The number of benzene rings is 2. The van der Waals surface area contributed by atoms with Crippen molar-refractivity contribution < 1.29 is 9.53 Å². The Morgan fingerprint density at radius 3 is 1.93 bits per heavy atom. The van der Waals surface area contributed by atoms with Crippen molar-refractivity contribution in [3.8, 4) is 11.5 Å². The van der Waals surface area contributed by atoms with Crippen molar-refractivity contribution in [2.75, 3.05) is 0 Å². The van der Waals surface area contributed by atoms with Gasteiger partial charge in [0.1, 0.15) is 11.5 Å². The van der Waals surface area contributed by atoms with Gasteiger partial charge in [-0.15, -0.1) is 0 Å². The fourth-order valence-electron chi connectivity index (χ4n) is 3.16. The van der Waals surface area contributed by atoms with Gasteiger partial charge in [0.15, 0.2) is 5.78 Å². The van der Waals surface area contributed by atoms with E-state index in [-0.39, 0.29) is 16.6 Å². The van der Waals surface area contributed by atoms with Crippen LogP contribution in [-0.4, -0.2) is 10.8 Å². The average Bonchev–Trinajstić information content (AvgIpc) is 2.68. The summed E-state index contributed by atoms with van der Waals surface area (Å²) in [6, 6.07) is 17.6. The van der Waals surface area contributed by atoms with Crippen LogP contribution in [0.5, 0.6) is 11.5 Å². The van der Waals surface area contributed by atoms with E-state index >= 15 is 0 Å². The van der Waals surface area contributed by atoms with Gasteiger partial charge in [-0.05, 0) is 70.0 Å². The fourth-order valence-corrected chi connectivity index (χ4v) is 3.16. The molecule has 0 aliphatic carbocycles. The quantitative estimate of drug-likeness (QED) is 0.437. The molecule has 0 unspecified atom stereocenters. The molecule has 0 amide bonds. The van der Waals surface area contributed by atoms with Crippen molar-refractivity contribution >= 4 is 5.78 Å². The van der Waals surface area contributed by atoms with Crippen LogP contribution in [0.15, 0.2) is 67.0 Å². The minimum Gasteiger partial charge on any atom is -0.457 e. The number of hydrogen-bond acceptors (Lipinski definition) is 3. The molecule has 0 N–H and O–H groups in total. The number of aromatic nitrogens is 1. The third-order valence-electron chi connectivity index (χ3n) is 5.14. The molecule has 0 fully saturated rings. The topological polar surface area (TPSA) is 39.2 Å². The van der Waals surface area contributed by atoms with E-state index in [9.17, 15) is 4.79 Å². The Hall–Kier alpha value is -2.94. The van der Waals surface area contributed by atoms with Crippen molar-refractivity contribution in [1.82, 2.24) is 4.98 Å². The second-order valence-corrected chi connectivity index (χ2v) is 9.83. The number of carbonyl (C=O) groups is 1. The highest BCUT2D eigenvalue weighted by Gasteiger charge is 2.21. The highest BCUT2D eigenvalue weighted by atomic mass is 16.5. The Morgan fingerprint density at radius 1 is 0.833 bits per heavy atom. The zero-order valence-corrected chi connectivity index (χ0v) is 18.8. The Labute approximate surface area is 180 Å². The van der Waals surface area contributed by atoms with Gasteiger partial charge < -0.3 is 4.74 Å². The first-order chi connectivity index (χ1) is 14.0. The number of nitrogens with zero attached hydrogens (tertiary/aromatic N) is 1. The summed E-state index contributed by atoms with van der Waals surface area (Å²) in [5.41, 5.74) is 4.13. The average molecular weight is 402 g/mol. The van der Waals surface area contributed by atoms with Crippen molar-refractivity contribution in [1.29, 1.82) is 0 Å². The number of ketones is 1. The van der Waals surface area contributed by atoms with E-state index < -0.39 is 0 Å². The van der Waals surface area contributed by atoms with Gasteiger partial charge in [0.05, 0.1) is 0 Å². The zero-order valence-electron chi connectivity index (χ0n) is 18.8. The normalized spacial score (nSPS) is 11.9. The summed E-state index contributed by atoms with van der Waals surface area (Å²) in [4.78, 5) is 16.6. The molecule has 2 aromatic carbocycles. The predicted octanol–water partition coefficient (Wildman–Crippen LogP) is 6.89. The first kappa shape index (κ1) is 21.8. The molecule has 3 aromatic rings. The van der Waals surface area contributed by atoms with E-state index in [1.165, 1.54) is 11.1 Å². The van der Waals surface area contributed by atoms with E-state index in [0.717, 1.165) is 17.1 Å². The molecule has 0 saturated carbocycles. The standard InChI is InChI=1S/C27H31NO2/c1-26(2,3)21-15-22(27(4,5)6)17-24(16-21)30-23-11-9-20(10-12-23)25(29)14-19-8-7-13-28-18-19/h7-13,15-18H,14H2,1-6H3. The lowest BCUT2D eigenvalue weighted by Crippen LogP contribution is -2.16. The molecule has 3 nitrogen and oxygen atoms in total. The molecule has 0 atom stereocenters. The van der Waals surface area contributed by atoms with Gasteiger partial charge in [-0.2, -0.15) is 0 Å². The highest BCUT2D eigenvalue weighted by molar-refractivity contribution is 5.97. The summed E-state index contributed by atoms with van der Waals surface area (Å²) in [7, 11) is 0. The van der Waals surface area contributed by atoms with Crippen LogP contribution in [0, 0.1) is 0 Å². The minimum atomic E-state index is 0.0297. The molecule has 0 bridgehead atoms. The maximum Gasteiger partial charge on any atom is 0.167 e. The number of carbonyl (C=O) groups excluding carboxylic acids is 1. The molecule has 3 rings (SSSR count). The Bertz CT molecular complexity index is 975. The van der Waals surface area contributed by atoms with E-state index in [1.54, 1.807) is 12.4 Å². The molecular weight excluding hydrogens is 370 g/mol. The van der Waals surface area contributed by atoms with Crippen LogP contribution in [0.4, 0.5) is 0 Å². The van der Waals surface area contributed by atoms with Gasteiger partial charge in [-0.3, -0.25) is 9.78 Å². The summed E-state index contributed by atoms with van der Waals surface area (Å²) in [6.45, 7) is 13.3. The number of hydrogen-bond donors (Lipinski definition) is 0. The molecule has 0 aliphatic heterocycles. The lowest BCUT2D eigenvalue weighted by Gasteiger charge is -2.26. The van der Waals surface area contributed by atoms with Crippen molar-refractivity contribution in [3.05, 3.63) is 89.2 Å². The number of rotatable bonds is 5. The first-order valence-electron chi connectivity index (χ1n) is 10.4. The summed E-state index contributed by atoms with van der Waals surface area (Å²) < 4.78 is 6.18. The van der Waals surface area contributed by atoms with Gasteiger partial charge in [-0.1, -0.05) is 53.7 Å². The summed E-state index contributed by atoms with van der Waals surface area (Å²) >= 11 is 0. The zero-order chi connectivity index (χ0) is 21.9. The smallest absolute Gasteiger partial charge is 0.167 e. The van der Waals surface area contributed by atoms with Crippen LogP contribution in [0.1, 0.15) is 68.6 Å². The Morgan fingerprint density at radius 2 is 1.43 bits per heavy atom. The van der Waals surface area contributed by atoms with E-state index in [2.05, 4.69) is 64.7 Å². The van der Waals surface area contributed by atoms with Crippen LogP contribution in [0.25, 0.3) is 0 Å². The molecule has 30 heavy (non-hydrogen) atoms. The second-order valence-electron chi connectivity index (χ2n) is 9.83. The lowest BCUT2D eigenvalue weighted by atomic mass is 9.80. The minimum absolute atomic E-state index is 0.0297. The summed E-state index contributed by atoms with van der Waals surface area (Å²) in [5, 5.41) is 0. The van der Waals surface area contributed by atoms with E-state index in [1.807, 2.05) is 36.4 Å². The molecule has 0 radical (unpaired) electrons. The third-order valence-corrected chi connectivity index (χ3v) is 5.14. The molecule has 0 saturated heterocycles. The second kappa shape index (κ2) is 8.43. The molecule has 1 heterocycles. The maximum atomic E-state index is 12.5. The van der Waals surface area contributed by atoms with Crippen molar-refractivity contribution in [2.24, 2.45) is 0 Å². The number of Topliss-reactive ketones (excluding diaryl/α,β-unsaturated/α-hetero) is 1.